The van der Waals surface area contributed by atoms with Crippen LogP contribution in [0.15, 0.2) is 12.7 Å². The topological polar surface area (TPSA) is 18.5 Å². The molecule has 0 aromatic rings. The quantitative estimate of drug-likeness (QED) is 0.432. The molecule has 1 heterocycles. The van der Waals surface area contributed by atoms with Crippen molar-refractivity contribution in [3.63, 3.8) is 0 Å². The summed E-state index contributed by atoms with van der Waals surface area (Å²) in [5.41, 5.74) is 0. The molecule has 2 atom stereocenters. The first-order chi connectivity index (χ1) is 5.26. The SMILES string of the molecule is [CH]CC1COC(C#C)(C=C)O1. The first-order valence-electron chi connectivity index (χ1n) is 3.39. The van der Waals surface area contributed by atoms with Crippen molar-refractivity contribution in [2.24, 2.45) is 0 Å². The highest BCUT2D eigenvalue weighted by atomic mass is 16.7. The van der Waals surface area contributed by atoms with Crippen LogP contribution in [0.25, 0.3) is 0 Å². The first-order valence-corrected chi connectivity index (χ1v) is 3.39. The van der Waals surface area contributed by atoms with Crippen LogP contribution in [0.5, 0.6) is 0 Å². The minimum atomic E-state index is -1.04. The Labute approximate surface area is 67.2 Å². The fourth-order valence-electron chi connectivity index (χ4n) is 0.890. The second-order valence-corrected chi connectivity index (χ2v) is 2.30. The second kappa shape index (κ2) is 3.08. The lowest BCUT2D eigenvalue weighted by Gasteiger charge is -2.16. The van der Waals surface area contributed by atoms with Gasteiger partial charge in [0.05, 0.1) is 12.7 Å². The van der Waals surface area contributed by atoms with Gasteiger partial charge < -0.3 is 9.47 Å². The minimum Gasteiger partial charge on any atom is -0.334 e. The van der Waals surface area contributed by atoms with Gasteiger partial charge in [-0.2, -0.15) is 0 Å². The molecule has 0 aromatic heterocycles. The predicted molar refractivity (Wildman–Crippen MR) is 41.5 cm³/mol. The van der Waals surface area contributed by atoms with Crippen LogP contribution in [0.2, 0.25) is 0 Å². The van der Waals surface area contributed by atoms with Crippen LogP contribution in [-0.4, -0.2) is 18.5 Å². The molecule has 58 valence electrons. The first kappa shape index (κ1) is 8.32. The summed E-state index contributed by atoms with van der Waals surface area (Å²) in [6.45, 7) is 9.31. The van der Waals surface area contributed by atoms with Crippen molar-refractivity contribution >= 4 is 0 Å². The number of hydrogen-bond acceptors (Lipinski definition) is 2. The molecule has 2 unspecified atom stereocenters. The molecule has 1 rings (SSSR count). The third-order valence-corrected chi connectivity index (χ3v) is 1.56. The van der Waals surface area contributed by atoms with Gasteiger partial charge in [0.1, 0.15) is 0 Å². The van der Waals surface area contributed by atoms with E-state index in [1.807, 2.05) is 0 Å². The molecule has 0 aromatic carbocycles. The summed E-state index contributed by atoms with van der Waals surface area (Å²) in [5.74, 6) is 1.34. The summed E-state index contributed by atoms with van der Waals surface area (Å²) in [6, 6.07) is 0. The Morgan fingerprint density at radius 2 is 2.55 bits per heavy atom. The van der Waals surface area contributed by atoms with Gasteiger partial charge >= 0.3 is 0 Å². The standard InChI is InChI=1S/C9H10O2/c1-4-8-7-10-9(5-2,6-3)11-8/h1-2,6,8H,3-4,7H2. The van der Waals surface area contributed by atoms with E-state index in [2.05, 4.69) is 12.5 Å². The zero-order chi connectivity index (χ0) is 8.32. The highest BCUT2D eigenvalue weighted by Gasteiger charge is 2.36. The van der Waals surface area contributed by atoms with Crippen molar-refractivity contribution in [3.05, 3.63) is 19.6 Å². The Kier molecular flexibility index (Phi) is 2.33. The van der Waals surface area contributed by atoms with Gasteiger partial charge in [-0.1, -0.05) is 6.58 Å². The largest absolute Gasteiger partial charge is 0.334 e. The molecule has 0 saturated carbocycles. The van der Waals surface area contributed by atoms with Crippen LogP contribution in [0.1, 0.15) is 6.42 Å². The van der Waals surface area contributed by atoms with E-state index >= 15 is 0 Å². The molecule has 0 bridgehead atoms. The molecule has 1 fully saturated rings. The van der Waals surface area contributed by atoms with Gasteiger partial charge in [0, 0.05) is 0 Å². The van der Waals surface area contributed by atoms with Gasteiger partial charge in [0.15, 0.2) is 0 Å². The van der Waals surface area contributed by atoms with E-state index in [-0.39, 0.29) is 6.10 Å². The maximum atomic E-state index is 5.36. The van der Waals surface area contributed by atoms with Crippen LogP contribution < -0.4 is 0 Å². The fourth-order valence-corrected chi connectivity index (χ4v) is 0.890. The van der Waals surface area contributed by atoms with Gasteiger partial charge in [-0.25, -0.2) is 0 Å². The molecule has 0 N–H and O–H groups in total. The van der Waals surface area contributed by atoms with E-state index in [0.717, 1.165) is 0 Å². The van der Waals surface area contributed by atoms with Crippen molar-refractivity contribution in [3.8, 4) is 12.3 Å². The maximum absolute atomic E-state index is 5.36. The Bertz CT molecular complexity index is 192. The molecule has 1 aliphatic heterocycles. The van der Waals surface area contributed by atoms with Gasteiger partial charge in [-0.3, -0.25) is 0 Å². The Morgan fingerprint density at radius 1 is 1.82 bits per heavy atom. The summed E-state index contributed by atoms with van der Waals surface area (Å²) in [4.78, 5) is 0. The van der Waals surface area contributed by atoms with E-state index in [1.165, 1.54) is 6.08 Å². The van der Waals surface area contributed by atoms with Gasteiger partial charge in [-0.05, 0) is 25.3 Å². The van der Waals surface area contributed by atoms with Gasteiger partial charge in [0.2, 0.25) is 0 Å². The van der Waals surface area contributed by atoms with E-state index in [0.29, 0.717) is 13.0 Å². The van der Waals surface area contributed by atoms with Crippen molar-refractivity contribution in [2.45, 2.75) is 18.3 Å². The Hall–Kier alpha value is -0.780. The molecule has 1 saturated heterocycles. The van der Waals surface area contributed by atoms with E-state index in [9.17, 15) is 0 Å². The average Bonchev–Trinajstić information content (AvgIpc) is 2.49. The van der Waals surface area contributed by atoms with E-state index in [4.69, 9.17) is 22.8 Å². The molecule has 1 aliphatic rings. The molecule has 0 amide bonds. The van der Waals surface area contributed by atoms with Crippen LogP contribution in [0.4, 0.5) is 0 Å². The summed E-state index contributed by atoms with van der Waals surface area (Å²) in [5, 5.41) is 0. The Morgan fingerprint density at radius 3 is 2.82 bits per heavy atom. The highest BCUT2D eigenvalue weighted by Crippen LogP contribution is 2.25. The van der Waals surface area contributed by atoms with Crippen molar-refractivity contribution in [1.29, 1.82) is 0 Å². The summed E-state index contributed by atoms with van der Waals surface area (Å²) >= 11 is 0. The summed E-state index contributed by atoms with van der Waals surface area (Å²) < 4.78 is 10.5. The monoisotopic (exact) mass is 150 g/mol. The fraction of sp³-hybridized carbons (Fsp3) is 0.444. The lowest BCUT2D eigenvalue weighted by atomic mass is 10.3. The molecule has 11 heavy (non-hydrogen) atoms. The average molecular weight is 150 g/mol. The maximum Gasteiger partial charge on any atom is 0.254 e. The molecule has 0 spiro atoms. The van der Waals surface area contributed by atoms with Crippen LogP contribution in [-0.2, 0) is 9.47 Å². The van der Waals surface area contributed by atoms with Crippen LogP contribution in [0, 0.1) is 19.3 Å². The normalized spacial score (nSPS) is 36.5. The molecule has 2 heteroatoms. The van der Waals surface area contributed by atoms with E-state index in [1.54, 1.807) is 0 Å². The van der Waals surface area contributed by atoms with E-state index < -0.39 is 5.79 Å². The molecule has 2 radical (unpaired) electrons. The number of ether oxygens (including phenoxy) is 2. The third-order valence-electron chi connectivity index (χ3n) is 1.56. The third kappa shape index (κ3) is 1.45. The number of rotatable bonds is 2. The lowest BCUT2D eigenvalue weighted by Crippen LogP contribution is -2.25. The zero-order valence-corrected chi connectivity index (χ0v) is 6.25. The summed E-state index contributed by atoms with van der Waals surface area (Å²) in [7, 11) is 0. The molecule has 2 nitrogen and oxygen atoms in total. The van der Waals surface area contributed by atoms with Crippen molar-refractivity contribution in [1.82, 2.24) is 0 Å². The molecular formula is C9H10O2. The zero-order valence-electron chi connectivity index (χ0n) is 6.25. The van der Waals surface area contributed by atoms with Gasteiger partial charge in [-0.15, -0.1) is 6.42 Å². The van der Waals surface area contributed by atoms with Gasteiger partial charge in [0.25, 0.3) is 5.79 Å². The van der Waals surface area contributed by atoms with Crippen molar-refractivity contribution < 1.29 is 9.47 Å². The number of hydrogen-bond donors (Lipinski definition) is 0. The number of terminal acetylenes is 1. The minimum absolute atomic E-state index is 0.107. The molecule has 0 aliphatic carbocycles. The predicted octanol–water partition coefficient (Wildman–Crippen LogP) is 1.02. The smallest absolute Gasteiger partial charge is 0.254 e. The van der Waals surface area contributed by atoms with Crippen LogP contribution in [0.3, 0.4) is 0 Å². The highest BCUT2D eigenvalue weighted by molar-refractivity contribution is 5.14. The molecular weight excluding hydrogens is 140 g/mol. The van der Waals surface area contributed by atoms with Crippen LogP contribution >= 0.6 is 0 Å². The van der Waals surface area contributed by atoms with Crippen molar-refractivity contribution in [2.75, 3.05) is 6.61 Å². The summed E-state index contributed by atoms with van der Waals surface area (Å²) in [6.07, 6.45) is 6.95. The lowest BCUT2D eigenvalue weighted by molar-refractivity contribution is -0.0798. The Balaban J connectivity index is 2.64. The second-order valence-electron chi connectivity index (χ2n) is 2.30.